The van der Waals surface area contributed by atoms with Gasteiger partial charge < -0.3 is 4.98 Å². The van der Waals surface area contributed by atoms with Gasteiger partial charge in [0.25, 0.3) is 0 Å². The summed E-state index contributed by atoms with van der Waals surface area (Å²) in [5.41, 5.74) is 5.20. The second-order valence-electron chi connectivity index (χ2n) is 4.52. The van der Waals surface area contributed by atoms with E-state index in [9.17, 15) is 0 Å². The summed E-state index contributed by atoms with van der Waals surface area (Å²) < 4.78 is 3.67. The third kappa shape index (κ3) is 2.03. The summed E-state index contributed by atoms with van der Waals surface area (Å²) in [5.74, 6) is 0. The van der Waals surface area contributed by atoms with E-state index in [0.717, 1.165) is 32.5 Å². The van der Waals surface area contributed by atoms with Crippen LogP contribution < -0.4 is 0 Å². The molecular weight excluding hydrogens is 322 g/mol. The van der Waals surface area contributed by atoms with Gasteiger partial charge in [0.2, 0.25) is 0 Å². The van der Waals surface area contributed by atoms with E-state index >= 15 is 0 Å². The zero-order valence-corrected chi connectivity index (χ0v) is 13.0. The molecule has 0 unspecified atom stereocenters. The van der Waals surface area contributed by atoms with Crippen molar-refractivity contribution in [2.24, 2.45) is 0 Å². The van der Waals surface area contributed by atoms with Crippen molar-refractivity contribution in [2.45, 2.75) is 13.8 Å². The number of fused-ring (bicyclic) bond motifs is 1. The van der Waals surface area contributed by atoms with E-state index in [-0.39, 0.29) is 0 Å². The Labute approximate surface area is 124 Å². The molecule has 0 aliphatic rings. The smallest absolute Gasteiger partial charge is 0.184 e. The lowest BCUT2D eigenvalue weighted by molar-refractivity contribution is 1.03. The number of pyridine rings is 1. The molecule has 0 aliphatic carbocycles. The number of nitrogens with zero attached hydrogens (tertiary/aromatic N) is 2. The molecule has 19 heavy (non-hydrogen) atoms. The van der Waals surface area contributed by atoms with Crippen molar-refractivity contribution in [3.63, 3.8) is 0 Å². The fraction of sp³-hybridized carbons (Fsp3) is 0.143. The maximum Gasteiger partial charge on any atom is 0.184 e. The number of halogens is 1. The molecule has 3 rings (SSSR count). The Morgan fingerprint density at radius 1 is 1.21 bits per heavy atom. The maximum atomic E-state index is 5.45. The van der Waals surface area contributed by atoms with Crippen molar-refractivity contribution in [3.8, 4) is 5.69 Å². The van der Waals surface area contributed by atoms with Crippen molar-refractivity contribution in [1.82, 2.24) is 14.5 Å². The molecule has 0 atom stereocenters. The topological polar surface area (TPSA) is 33.6 Å². The van der Waals surface area contributed by atoms with Crippen LogP contribution in [0.2, 0.25) is 0 Å². The number of H-pyrrole nitrogens is 1. The first-order valence-electron chi connectivity index (χ1n) is 5.91. The zero-order chi connectivity index (χ0) is 13.6. The molecule has 0 radical (unpaired) electrons. The molecule has 2 aromatic heterocycles. The van der Waals surface area contributed by atoms with Gasteiger partial charge in [-0.3, -0.25) is 4.57 Å². The number of benzene rings is 1. The van der Waals surface area contributed by atoms with Crippen molar-refractivity contribution in [3.05, 3.63) is 50.8 Å². The van der Waals surface area contributed by atoms with Crippen LogP contribution in [0.3, 0.4) is 0 Å². The van der Waals surface area contributed by atoms with Crippen molar-refractivity contribution < 1.29 is 0 Å². The van der Waals surface area contributed by atoms with Crippen LogP contribution in [0.5, 0.6) is 0 Å². The molecule has 96 valence electrons. The summed E-state index contributed by atoms with van der Waals surface area (Å²) in [4.78, 5) is 7.70. The number of rotatable bonds is 1. The van der Waals surface area contributed by atoms with Gasteiger partial charge in [0, 0.05) is 10.7 Å². The highest BCUT2D eigenvalue weighted by Crippen LogP contribution is 2.25. The highest BCUT2D eigenvalue weighted by Gasteiger charge is 2.11. The van der Waals surface area contributed by atoms with Crippen LogP contribution in [0, 0.1) is 18.6 Å². The SMILES string of the molecule is Cc1ccc(Br)cc1-n1c(=S)[nH]c2c(C)ccnc21. The van der Waals surface area contributed by atoms with E-state index in [1.54, 1.807) is 0 Å². The summed E-state index contributed by atoms with van der Waals surface area (Å²) in [6.07, 6.45) is 1.81. The Morgan fingerprint density at radius 3 is 2.79 bits per heavy atom. The minimum absolute atomic E-state index is 0.665. The minimum atomic E-state index is 0.665. The van der Waals surface area contributed by atoms with Gasteiger partial charge in [-0.05, 0) is 55.4 Å². The molecule has 0 spiro atoms. The highest BCUT2D eigenvalue weighted by atomic mass is 79.9. The second kappa shape index (κ2) is 4.58. The minimum Gasteiger partial charge on any atom is -0.329 e. The predicted octanol–water partition coefficient (Wildman–Crippen LogP) is 4.46. The van der Waals surface area contributed by atoms with Gasteiger partial charge in [-0.15, -0.1) is 0 Å². The number of aromatic nitrogens is 3. The van der Waals surface area contributed by atoms with Gasteiger partial charge in [-0.1, -0.05) is 22.0 Å². The Hall–Kier alpha value is -1.46. The Morgan fingerprint density at radius 2 is 2.00 bits per heavy atom. The third-order valence-electron chi connectivity index (χ3n) is 3.20. The van der Waals surface area contributed by atoms with Crippen molar-refractivity contribution in [2.75, 3.05) is 0 Å². The first-order chi connectivity index (χ1) is 9.08. The van der Waals surface area contributed by atoms with E-state index in [1.807, 2.05) is 29.8 Å². The fourth-order valence-electron chi connectivity index (χ4n) is 2.17. The monoisotopic (exact) mass is 333 g/mol. The van der Waals surface area contributed by atoms with E-state index in [1.165, 1.54) is 0 Å². The van der Waals surface area contributed by atoms with Gasteiger partial charge in [0.05, 0.1) is 11.2 Å². The normalized spacial score (nSPS) is 11.1. The molecule has 3 aromatic rings. The number of hydrogen-bond acceptors (Lipinski definition) is 2. The number of aryl methyl sites for hydroxylation is 2. The molecular formula is C14H12BrN3S. The number of hydrogen-bond donors (Lipinski definition) is 1. The average Bonchev–Trinajstić information content (AvgIpc) is 2.70. The first-order valence-corrected chi connectivity index (χ1v) is 7.11. The largest absolute Gasteiger partial charge is 0.329 e. The summed E-state index contributed by atoms with van der Waals surface area (Å²) in [6, 6.07) is 8.12. The number of aromatic amines is 1. The van der Waals surface area contributed by atoms with Gasteiger partial charge in [0.15, 0.2) is 10.4 Å². The van der Waals surface area contributed by atoms with Crippen molar-refractivity contribution >= 4 is 39.3 Å². The Balaban J connectivity index is 2.43. The number of nitrogens with one attached hydrogen (secondary N) is 1. The Kier molecular flexibility index (Phi) is 3.03. The third-order valence-corrected chi connectivity index (χ3v) is 3.98. The summed E-state index contributed by atoms with van der Waals surface area (Å²) in [5, 5.41) is 0. The highest BCUT2D eigenvalue weighted by molar-refractivity contribution is 9.10. The van der Waals surface area contributed by atoms with Crippen LogP contribution in [0.4, 0.5) is 0 Å². The van der Waals surface area contributed by atoms with Gasteiger partial charge in [-0.25, -0.2) is 4.98 Å². The number of imidazole rings is 1. The molecule has 0 amide bonds. The molecule has 0 bridgehead atoms. The van der Waals surface area contributed by atoms with Crippen LogP contribution >= 0.6 is 28.1 Å². The molecule has 0 saturated heterocycles. The summed E-state index contributed by atoms with van der Waals surface area (Å²) >= 11 is 8.96. The van der Waals surface area contributed by atoms with Gasteiger partial charge in [0.1, 0.15) is 0 Å². The molecule has 1 aromatic carbocycles. The molecule has 0 aliphatic heterocycles. The maximum absolute atomic E-state index is 5.45. The molecule has 0 fully saturated rings. The van der Waals surface area contributed by atoms with Crippen LogP contribution in [-0.4, -0.2) is 14.5 Å². The molecule has 0 saturated carbocycles. The fourth-order valence-corrected chi connectivity index (χ4v) is 2.81. The molecule has 2 heterocycles. The summed E-state index contributed by atoms with van der Waals surface area (Å²) in [6.45, 7) is 4.12. The lowest BCUT2D eigenvalue weighted by Crippen LogP contribution is -1.98. The second-order valence-corrected chi connectivity index (χ2v) is 5.83. The van der Waals surface area contributed by atoms with E-state index < -0.39 is 0 Å². The lowest BCUT2D eigenvalue weighted by Gasteiger charge is -2.08. The standard InChI is InChI=1S/C14H12BrN3S/c1-8-3-4-10(15)7-11(8)18-13-12(17-14(18)19)9(2)5-6-16-13/h3-7H,1-2H3,(H,17,19). The molecule has 5 heteroatoms. The zero-order valence-electron chi connectivity index (χ0n) is 10.6. The van der Waals surface area contributed by atoms with Crippen LogP contribution in [0.1, 0.15) is 11.1 Å². The first kappa shape index (κ1) is 12.6. The van der Waals surface area contributed by atoms with Crippen LogP contribution in [0.15, 0.2) is 34.9 Å². The van der Waals surface area contributed by atoms with Gasteiger partial charge in [-0.2, -0.15) is 0 Å². The lowest BCUT2D eigenvalue weighted by atomic mass is 10.2. The van der Waals surface area contributed by atoms with Gasteiger partial charge >= 0.3 is 0 Å². The van der Waals surface area contributed by atoms with Crippen LogP contribution in [0.25, 0.3) is 16.9 Å². The average molecular weight is 334 g/mol. The molecule has 3 nitrogen and oxygen atoms in total. The summed E-state index contributed by atoms with van der Waals surface area (Å²) in [7, 11) is 0. The Bertz CT molecular complexity index is 832. The van der Waals surface area contributed by atoms with E-state index in [0.29, 0.717) is 4.77 Å². The predicted molar refractivity (Wildman–Crippen MR) is 83.4 cm³/mol. The molecule has 1 N–H and O–H groups in total. The quantitative estimate of drug-likeness (QED) is 0.667. The van der Waals surface area contributed by atoms with E-state index in [2.05, 4.69) is 45.0 Å². The van der Waals surface area contributed by atoms with E-state index in [4.69, 9.17) is 12.2 Å². The van der Waals surface area contributed by atoms with Crippen molar-refractivity contribution in [1.29, 1.82) is 0 Å². The van der Waals surface area contributed by atoms with Crippen LogP contribution in [-0.2, 0) is 0 Å².